The number of carbonyl (C=O) groups is 1. The molecule has 0 saturated carbocycles. The molecule has 1 aromatic carbocycles. The number of carbonyl (C=O) groups excluding carboxylic acids is 1. The standard InChI is InChI=1S/C13H11F2N3O/c1-16-12-11(3-2-4-17-12)13(19)18-10-6-8(14)5-9(15)7-10/h2-7H,1H3,(H,16,17)(H,18,19). The number of anilines is 2. The van der Waals surface area contributed by atoms with Gasteiger partial charge in [-0.2, -0.15) is 0 Å². The van der Waals surface area contributed by atoms with Gasteiger partial charge in [0.1, 0.15) is 17.5 Å². The summed E-state index contributed by atoms with van der Waals surface area (Å²) in [6.07, 6.45) is 1.53. The summed E-state index contributed by atoms with van der Waals surface area (Å²) in [7, 11) is 1.63. The maximum Gasteiger partial charge on any atom is 0.259 e. The second-order valence-electron chi connectivity index (χ2n) is 3.76. The lowest BCUT2D eigenvalue weighted by molar-refractivity contribution is 0.102. The minimum absolute atomic E-state index is 0.0495. The van der Waals surface area contributed by atoms with Gasteiger partial charge in [0.15, 0.2) is 0 Å². The SMILES string of the molecule is CNc1ncccc1C(=O)Nc1cc(F)cc(F)c1. The fourth-order valence-corrected chi connectivity index (χ4v) is 1.61. The molecule has 0 saturated heterocycles. The van der Waals surface area contributed by atoms with Gasteiger partial charge in [-0.15, -0.1) is 0 Å². The molecule has 98 valence electrons. The number of nitrogens with one attached hydrogen (secondary N) is 2. The van der Waals surface area contributed by atoms with Crippen molar-refractivity contribution < 1.29 is 13.6 Å². The van der Waals surface area contributed by atoms with Crippen molar-refractivity contribution in [2.24, 2.45) is 0 Å². The molecular weight excluding hydrogens is 252 g/mol. The normalized spacial score (nSPS) is 10.1. The molecule has 0 aliphatic rings. The van der Waals surface area contributed by atoms with Gasteiger partial charge in [0.05, 0.1) is 5.56 Å². The summed E-state index contributed by atoms with van der Waals surface area (Å²) in [6.45, 7) is 0. The molecule has 4 nitrogen and oxygen atoms in total. The molecule has 0 atom stereocenters. The molecular formula is C13H11F2N3O. The summed E-state index contributed by atoms with van der Waals surface area (Å²) in [5, 5.41) is 5.18. The number of hydrogen-bond acceptors (Lipinski definition) is 3. The Labute approximate surface area is 108 Å². The van der Waals surface area contributed by atoms with Crippen LogP contribution in [0.25, 0.3) is 0 Å². The van der Waals surface area contributed by atoms with Crippen LogP contribution in [-0.4, -0.2) is 17.9 Å². The van der Waals surface area contributed by atoms with E-state index in [1.807, 2.05) is 0 Å². The first kappa shape index (κ1) is 12.9. The van der Waals surface area contributed by atoms with Gasteiger partial charge >= 0.3 is 0 Å². The minimum atomic E-state index is -0.754. The number of hydrogen-bond donors (Lipinski definition) is 2. The summed E-state index contributed by atoms with van der Waals surface area (Å²) in [6, 6.07) is 5.97. The van der Waals surface area contributed by atoms with Crippen molar-refractivity contribution in [1.82, 2.24) is 4.98 Å². The van der Waals surface area contributed by atoms with Crippen LogP contribution in [0.1, 0.15) is 10.4 Å². The Balaban J connectivity index is 2.25. The predicted molar refractivity (Wildman–Crippen MR) is 68.1 cm³/mol. The van der Waals surface area contributed by atoms with Crippen molar-refractivity contribution in [2.75, 3.05) is 17.7 Å². The number of nitrogens with zero attached hydrogens (tertiary/aromatic N) is 1. The average molecular weight is 263 g/mol. The second-order valence-corrected chi connectivity index (χ2v) is 3.76. The molecule has 19 heavy (non-hydrogen) atoms. The van der Waals surface area contributed by atoms with E-state index in [2.05, 4.69) is 15.6 Å². The topological polar surface area (TPSA) is 54.0 Å². The number of pyridine rings is 1. The van der Waals surface area contributed by atoms with E-state index in [1.54, 1.807) is 19.2 Å². The van der Waals surface area contributed by atoms with E-state index >= 15 is 0 Å². The van der Waals surface area contributed by atoms with Crippen LogP contribution in [0.5, 0.6) is 0 Å². The first-order valence-corrected chi connectivity index (χ1v) is 5.50. The van der Waals surface area contributed by atoms with Gasteiger partial charge in [-0.3, -0.25) is 4.79 Å². The van der Waals surface area contributed by atoms with E-state index in [0.29, 0.717) is 5.82 Å². The number of benzene rings is 1. The Morgan fingerprint density at radius 2 is 1.89 bits per heavy atom. The predicted octanol–water partition coefficient (Wildman–Crippen LogP) is 2.65. The molecule has 0 spiro atoms. The second kappa shape index (κ2) is 5.43. The van der Waals surface area contributed by atoms with Crippen LogP contribution < -0.4 is 10.6 Å². The van der Waals surface area contributed by atoms with Crippen LogP contribution in [-0.2, 0) is 0 Å². The lowest BCUT2D eigenvalue weighted by Gasteiger charge is -2.08. The van der Waals surface area contributed by atoms with Crippen LogP contribution in [0.2, 0.25) is 0 Å². The summed E-state index contributed by atoms with van der Waals surface area (Å²) in [5.41, 5.74) is 0.336. The third kappa shape index (κ3) is 3.04. The van der Waals surface area contributed by atoms with Crippen molar-refractivity contribution in [3.05, 3.63) is 53.7 Å². The van der Waals surface area contributed by atoms with Crippen LogP contribution in [0.4, 0.5) is 20.3 Å². The first-order valence-electron chi connectivity index (χ1n) is 5.50. The molecule has 0 fully saturated rings. The summed E-state index contributed by atoms with van der Waals surface area (Å²) in [4.78, 5) is 16.0. The fraction of sp³-hybridized carbons (Fsp3) is 0.0769. The van der Waals surface area contributed by atoms with Crippen LogP contribution in [0.15, 0.2) is 36.5 Å². The summed E-state index contributed by atoms with van der Waals surface area (Å²) in [5.74, 6) is -1.62. The highest BCUT2D eigenvalue weighted by molar-refractivity contribution is 6.07. The Morgan fingerprint density at radius 3 is 2.53 bits per heavy atom. The molecule has 6 heteroatoms. The van der Waals surface area contributed by atoms with Gasteiger partial charge in [-0.05, 0) is 24.3 Å². The molecule has 1 amide bonds. The van der Waals surface area contributed by atoms with Gasteiger partial charge in [0, 0.05) is 25.0 Å². The Bertz CT molecular complexity index is 596. The highest BCUT2D eigenvalue weighted by Gasteiger charge is 2.12. The summed E-state index contributed by atoms with van der Waals surface area (Å²) >= 11 is 0. The molecule has 1 heterocycles. The average Bonchev–Trinajstić information content (AvgIpc) is 2.37. The molecule has 2 aromatic rings. The number of aromatic nitrogens is 1. The maximum absolute atomic E-state index is 13.0. The van der Waals surface area contributed by atoms with Gasteiger partial charge in [-0.25, -0.2) is 13.8 Å². The maximum atomic E-state index is 13.0. The van der Waals surface area contributed by atoms with Crippen LogP contribution in [0, 0.1) is 11.6 Å². The zero-order valence-corrected chi connectivity index (χ0v) is 10.1. The Morgan fingerprint density at radius 1 is 1.21 bits per heavy atom. The van der Waals surface area contributed by atoms with Crippen LogP contribution >= 0.6 is 0 Å². The first-order chi connectivity index (χ1) is 9.10. The quantitative estimate of drug-likeness (QED) is 0.895. The molecule has 0 unspecified atom stereocenters. The van der Waals surface area contributed by atoms with Gasteiger partial charge in [-0.1, -0.05) is 0 Å². The smallest absolute Gasteiger partial charge is 0.259 e. The molecule has 0 bridgehead atoms. The number of amides is 1. The highest BCUT2D eigenvalue weighted by Crippen LogP contribution is 2.16. The van der Waals surface area contributed by atoms with E-state index in [0.717, 1.165) is 18.2 Å². The van der Waals surface area contributed by atoms with E-state index in [9.17, 15) is 13.6 Å². The largest absolute Gasteiger partial charge is 0.372 e. The highest BCUT2D eigenvalue weighted by atomic mass is 19.1. The molecule has 2 N–H and O–H groups in total. The van der Waals surface area contributed by atoms with E-state index in [1.165, 1.54) is 6.20 Å². The van der Waals surface area contributed by atoms with Crippen molar-refractivity contribution in [3.63, 3.8) is 0 Å². The van der Waals surface area contributed by atoms with Crippen molar-refractivity contribution in [3.8, 4) is 0 Å². The molecule has 1 aromatic heterocycles. The zero-order valence-electron chi connectivity index (χ0n) is 10.1. The van der Waals surface area contributed by atoms with E-state index in [-0.39, 0.29) is 11.3 Å². The van der Waals surface area contributed by atoms with Gasteiger partial charge in [0.2, 0.25) is 0 Å². The van der Waals surface area contributed by atoms with Crippen molar-refractivity contribution in [1.29, 1.82) is 0 Å². The lowest BCUT2D eigenvalue weighted by Crippen LogP contribution is -2.15. The molecule has 0 aliphatic heterocycles. The van der Waals surface area contributed by atoms with Crippen LogP contribution in [0.3, 0.4) is 0 Å². The Kier molecular flexibility index (Phi) is 3.70. The third-order valence-electron chi connectivity index (χ3n) is 2.41. The fourth-order valence-electron chi connectivity index (χ4n) is 1.61. The van der Waals surface area contributed by atoms with E-state index in [4.69, 9.17) is 0 Å². The third-order valence-corrected chi connectivity index (χ3v) is 2.41. The monoisotopic (exact) mass is 263 g/mol. The lowest BCUT2D eigenvalue weighted by atomic mass is 10.2. The summed E-state index contributed by atoms with van der Waals surface area (Å²) < 4.78 is 26.0. The van der Waals surface area contributed by atoms with E-state index < -0.39 is 17.5 Å². The zero-order chi connectivity index (χ0) is 13.8. The Hall–Kier alpha value is -2.50. The van der Waals surface area contributed by atoms with Crippen molar-refractivity contribution in [2.45, 2.75) is 0 Å². The van der Waals surface area contributed by atoms with Crippen molar-refractivity contribution >= 4 is 17.4 Å². The minimum Gasteiger partial charge on any atom is -0.372 e. The van der Waals surface area contributed by atoms with Gasteiger partial charge in [0.25, 0.3) is 5.91 Å². The number of halogens is 2. The molecule has 2 rings (SSSR count). The molecule has 0 aliphatic carbocycles. The molecule has 0 radical (unpaired) electrons. The number of rotatable bonds is 3. The van der Waals surface area contributed by atoms with Gasteiger partial charge < -0.3 is 10.6 Å².